The van der Waals surface area contributed by atoms with Gasteiger partial charge in [0, 0.05) is 16.1 Å². The summed E-state index contributed by atoms with van der Waals surface area (Å²) in [6.45, 7) is 5.16. The molecule has 0 amide bonds. The van der Waals surface area contributed by atoms with Crippen molar-refractivity contribution in [2.45, 2.75) is 26.4 Å². The summed E-state index contributed by atoms with van der Waals surface area (Å²) >= 11 is 6.14. The average molecular weight is 317 g/mol. The van der Waals surface area contributed by atoms with Crippen molar-refractivity contribution in [3.05, 3.63) is 59.1 Å². The van der Waals surface area contributed by atoms with Gasteiger partial charge in [0.05, 0.1) is 0 Å². The molecule has 0 bridgehead atoms. The lowest BCUT2D eigenvalue weighted by Crippen LogP contribution is -2.28. The van der Waals surface area contributed by atoms with Gasteiger partial charge in [-0.25, -0.2) is 4.79 Å². The fourth-order valence-corrected chi connectivity index (χ4v) is 2.18. The molecule has 4 heteroatoms. The number of rotatable bonds is 3. The molecule has 0 heterocycles. The van der Waals surface area contributed by atoms with Gasteiger partial charge in [-0.2, -0.15) is 0 Å². The van der Waals surface area contributed by atoms with Crippen LogP contribution in [0.3, 0.4) is 0 Å². The van der Waals surface area contributed by atoms with Crippen LogP contribution in [0.4, 0.5) is 0 Å². The summed E-state index contributed by atoms with van der Waals surface area (Å²) < 4.78 is 5.08. The number of ether oxygens (including phenoxy) is 1. The van der Waals surface area contributed by atoms with Gasteiger partial charge in [-0.1, -0.05) is 54.1 Å². The molecule has 0 unspecified atom stereocenters. The van der Waals surface area contributed by atoms with Crippen LogP contribution in [0.1, 0.15) is 31.1 Å². The van der Waals surface area contributed by atoms with E-state index in [0.717, 1.165) is 11.1 Å². The van der Waals surface area contributed by atoms with Crippen LogP contribution in [0.25, 0.3) is 11.1 Å². The molecule has 0 aliphatic rings. The van der Waals surface area contributed by atoms with E-state index in [1.54, 1.807) is 51.1 Å². The van der Waals surface area contributed by atoms with Gasteiger partial charge in [-0.15, -0.1) is 0 Å². The molecule has 3 nitrogen and oxygen atoms in total. The van der Waals surface area contributed by atoms with Crippen LogP contribution in [0.5, 0.6) is 0 Å². The quantitative estimate of drug-likeness (QED) is 0.474. The van der Waals surface area contributed by atoms with Crippen molar-refractivity contribution in [1.29, 1.82) is 0 Å². The first-order valence-electron chi connectivity index (χ1n) is 6.90. The van der Waals surface area contributed by atoms with Gasteiger partial charge < -0.3 is 4.74 Å². The molecular weight excluding hydrogens is 300 g/mol. The monoisotopic (exact) mass is 316 g/mol. The third kappa shape index (κ3) is 3.95. The van der Waals surface area contributed by atoms with Gasteiger partial charge >= 0.3 is 5.97 Å². The van der Waals surface area contributed by atoms with Crippen molar-refractivity contribution in [2.75, 3.05) is 0 Å². The normalized spacial score (nSPS) is 11.1. The van der Waals surface area contributed by atoms with Crippen molar-refractivity contribution in [3.8, 4) is 11.1 Å². The highest BCUT2D eigenvalue weighted by atomic mass is 35.5. The molecule has 2 rings (SSSR count). The minimum absolute atomic E-state index is 0.296. The third-order valence-electron chi connectivity index (χ3n) is 2.92. The maximum Gasteiger partial charge on any atom is 0.380 e. The fourth-order valence-electron chi connectivity index (χ4n) is 1.94. The molecule has 0 aromatic heterocycles. The van der Waals surface area contributed by atoms with Crippen molar-refractivity contribution in [3.63, 3.8) is 0 Å². The number of hydrogen-bond donors (Lipinski definition) is 0. The molecule has 0 aliphatic heterocycles. The minimum atomic E-state index is -0.849. The van der Waals surface area contributed by atoms with Crippen molar-refractivity contribution in [2.24, 2.45) is 0 Å². The number of ketones is 1. The predicted molar refractivity (Wildman–Crippen MR) is 87.1 cm³/mol. The van der Waals surface area contributed by atoms with E-state index in [-0.39, 0.29) is 0 Å². The molecule has 0 radical (unpaired) electrons. The first-order valence-corrected chi connectivity index (χ1v) is 7.28. The molecule has 2 aromatic rings. The predicted octanol–water partition coefficient (Wildman–Crippen LogP) is 4.53. The molecule has 0 spiro atoms. The highest BCUT2D eigenvalue weighted by Crippen LogP contribution is 2.27. The number of carbonyl (C=O) groups excluding carboxylic acids is 2. The Kier molecular flexibility index (Phi) is 4.67. The molecule has 22 heavy (non-hydrogen) atoms. The van der Waals surface area contributed by atoms with Crippen LogP contribution < -0.4 is 0 Å². The smallest absolute Gasteiger partial charge is 0.380 e. The van der Waals surface area contributed by atoms with E-state index in [0.29, 0.717) is 10.6 Å². The number of halogens is 1. The Bertz CT molecular complexity index is 697. The lowest BCUT2D eigenvalue weighted by Gasteiger charge is -2.18. The molecule has 0 saturated heterocycles. The van der Waals surface area contributed by atoms with E-state index in [2.05, 4.69) is 0 Å². The molecule has 2 aromatic carbocycles. The number of carbonyl (C=O) groups is 2. The van der Waals surface area contributed by atoms with Crippen molar-refractivity contribution >= 4 is 23.4 Å². The molecule has 0 saturated carbocycles. The Morgan fingerprint density at radius 1 is 0.955 bits per heavy atom. The van der Waals surface area contributed by atoms with Crippen LogP contribution in [0.15, 0.2) is 48.5 Å². The van der Waals surface area contributed by atoms with Gasteiger partial charge in [-0.3, -0.25) is 4.79 Å². The van der Waals surface area contributed by atoms with Crippen LogP contribution in [-0.2, 0) is 9.53 Å². The first kappa shape index (κ1) is 16.2. The van der Waals surface area contributed by atoms with E-state index in [1.165, 1.54) is 0 Å². The number of benzene rings is 2. The van der Waals surface area contributed by atoms with Gasteiger partial charge in [-0.05, 0) is 32.4 Å². The standard InChI is InChI=1S/C18H17ClO3/c1-18(2,3)22-17(21)16(20)13-10-8-12(9-11-13)14-6-4-5-7-15(14)19/h4-11H,1-3H3. The largest absolute Gasteiger partial charge is 0.454 e. The van der Waals surface area contributed by atoms with Crippen molar-refractivity contribution in [1.82, 2.24) is 0 Å². The van der Waals surface area contributed by atoms with E-state index in [1.807, 2.05) is 18.2 Å². The molecule has 0 N–H and O–H groups in total. The Morgan fingerprint density at radius 2 is 1.55 bits per heavy atom. The molecule has 0 aliphatic carbocycles. The highest BCUT2D eigenvalue weighted by Gasteiger charge is 2.24. The maximum absolute atomic E-state index is 12.0. The zero-order valence-electron chi connectivity index (χ0n) is 12.7. The van der Waals surface area contributed by atoms with Crippen LogP contribution >= 0.6 is 11.6 Å². The summed E-state index contributed by atoms with van der Waals surface area (Å²) in [5.74, 6) is -1.50. The highest BCUT2D eigenvalue weighted by molar-refractivity contribution is 6.40. The van der Waals surface area contributed by atoms with E-state index in [9.17, 15) is 9.59 Å². The van der Waals surface area contributed by atoms with E-state index < -0.39 is 17.4 Å². The number of Topliss-reactive ketones (excluding diaryl/α,β-unsaturated/α-hetero) is 1. The third-order valence-corrected chi connectivity index (χ3v) is 3.25. The molecule has 114 valence electrons. The molecular formula is C18H17ClO3. The van der Waals surface area contributed by atoms with Gasteiger partial charge in [0.15, 0.2) is 0 Å². The second-order valence-corrected chi connectivity index (χ2v) is 6.30. The fraction of sp³-hybridized carbons (Fsp3) is 0.222. The Balaban J connectivity index is 2.21. The number of esters is 1. The van der Waals surface area contributed by atoms with Crippen LogP contribution in [0, 0.1) is 0 Å². The van der Waals surface area contributed by atoms with Crippen molar-refractivity contribution < 1.29 is 14.3 Å². The second-order valence-electron chi connectivity index (χ2n) is 5.89. The Hall–Kier alpha value is -2.13. The lowest BCUT2D eigenvalue weighted by atomic mass is 10.0. The Morgan fingerprint density at radius 3 is 2.09 bits per heavy atom. The zero-order chi connectivity index (χ0) is 16.3. The van der Waals surface area contributed by atoms with Gasteiger partial charge in [0.1, 0.15) is 5.60 Å². The summed E-state index contributed by atoms with van der Waals surface area (Å²) in [4.78, 5) is 23.8. The summed E-state index contributed by atoms with van der Waals surface area (Å²) in [5.41, 5.74) is 1.36. The Labute approximate surface area is 134 Å². The summed E-state index contributed by atoms with van der Waals surface area (Å²) in [6, 6.07) is 14.2. The van der Waals surface area contributed by atoms with E-state index >= 15 is 0 Å². The van der Waals surface area contributed by atoms with Crippen LogP contribution in [-0.4, -0.2) is 17.4 Å². The summed E-state index contributed by atoms with van der Waals surface area (Å²) in [7, 11) is 0. The minimum Gasteiger partial charge on any atom is -0.454 e. The summed E-state index contributed by atoms with van der Waals surface area (Å²) in [6.07, 6.45) is 0. The second kappa shape index (κ2) is 6.32. The van der Waals surface area contributed by atoms with E-state index in [4.69, 9.17) is 16.3 Å². The topological polar surface area (TPSA) is 43.4 Å². The molecule has 0 atom stereocenters. The lowest BCUT2D eigenvalue weighted by molar-refractivity contribution is -0.148. The number of hydrogen-bond acceptors (Lipinski definition) is 3. The molecule has 0 fully saturated rings. The average Bonchev–Trinajstić information content (AvgIpc) is 2.45. The van der Waals surface area contributed by atoms with Gasteiger partial charge in [0.25, 0.3) is 5.78 Å². The first-order chi connectivity index (χ1) is 10.3. The van der Waals surface area contributed by atoms with Gasteiger partial charge in [0.2, 0.25) is 0 Å². The zero-order valence-corrected chi connectivity index (χ0v) is 13.5. The maximum atomic E-state index is 12.0. The summed E-state index contributed by atoms with van der Waals surface area (Å²) in [5, 5.41) is 0.633. The van der Waals surface area contributed by atoms with Crippen LogP contribution in [0.2, 0.25) is 5.02 Å². The SMILES string of the molecule is CC(C)(C)OC(=O)C(=O)c1ccc(-c2ccccc2Cl)cc1.